The Hall–Kier alpha value is -2.71. The molecule has 1 aromatic carbocycles. The Morgan fingerprint density at radius 1 is 1.18 bits per heavy atom. The van der Waals surface area contributed by atoms with Crippen LogP contribution in [0.15, 0.2) is 41.6 Å². The molecule has 0 radical (unpaired) electrons. The first kappa shape index (κ1) is 23.4. The lowest BCUT2D eigenvalue weighted by Crippen LogP contribution is -2.23. The molecule has 2 heterocycles. The molecule has 6 nitrogen and oxygen atoms in total. The smallest absolute Gasteiger partial charge is 0.341 e. The number of methoxy groups -OCH3 is 1. The number of thioether (sulfide) groups is 1. The highest BCUT2D eigenvalue weighted by Crippen LogP contribution is 2.43. The Morgan fingerprint density at radius 3 is 2.55 bits per heavy atom. The Kier molecular flexibility index (Phi) is 7.14. The molecule has 2 aromatic heterocycles. The maximum Gasteiger partial charge on any atom is 0.341 e. The summed E-state index contributed by atoms with van der Waals surface area (Å²) in [6.45, 7) is 5.63. The lowest BCUT2D eigenvalue weighted by Gasteiger charge is -2.22. The van der Waals surface area contributed by atoms with Gasteiger partial charge in [-0.2, -0.15) is 0 Å². The van der Waals surface area contributed by atoms with Crippen molar-refractivity contribution >= 4 is 40.0 Å². The van der Waals surface area contributed by atoms with Gasteiger partial charge < -0.3 is 10.1 Å². The fourth-order valence-corrected chi connectivity index (χ4v) is 6.37. The zero-order valence-corrected chi connectivity index (χ0v) is 20.8. The van der Waals surface area contributed by atoms with Crippen LogP contribution in [0.25, 0.3) is 0 Å². The number of carbonyl (C=O) groups excluding carboxylic acids is 2. The maximum atomic E-state index is 13.0. The van der Waals surface area contributed by atoms with E-state index >= 15 is 0 Å². The van der Waals surface area contributed by atoms with Gasteiger partial charge in [0.15, 0.2) is 5.16 Å². The number of ether oxygens (including phenoxy) is 1. The van der Waals surface area contributed by atoms with E-state index in [1.54, 1.807) is 0 Å². The van der Waals surface area contributed by atoms with Crippen LogP contribution < -0.4 is 5.32 Å². The van der Waals surface area contributed by atoms with Gasteiger partial charge in [0.25, 0.3) is 0 Å². The second-order valence-electron chi connectivity index (χ2n) is 8.23. The third kappa shape index (κ3) is 5.28. The summed E-state index contributed by atoms with van der Waals surface area (Å²) in [6.07, 6.45) is 2.60. The standard InChI is InChI=1S/C25H27N3O3S2/c1-14-12-15(2)27-25(26-14)32-16(3)22(29)28-23-21(24(30)31-4)19-11-10-18(13-20(19)33-23)17-8-6-5-7-9-17/h5-9,12,16,18H,10-11,13H2,1-4H3,(H,28,29). The van der Waals surface area contributed by atoms with Gasteiger partial charge in [0.1, 0.15) is 5.00 Å². The van der Waals surface area contributed by atoms with E-state index in [9.17, 15) is 9.59 Å². The van der Waals surface area contributed by atoms with Gasteiger partial charge in [-0.25, -0.2) is 14.8 Å². The molecule has 0 spiro atoms. The number of hydrogen-bond donors (Lipinski definition) is 1. The van der Waals surface area contributed by atoms with Crippen LogP contribution in [0.4, 0.5) is 5.00 Å². The number of carbonyl (C=O) groups is 2. The highest BCUT2D eigenvalue weighted by Gasteiger charge is 2.31. The highest BCUT2D eigenvalue weighted by atomic mass is 32.2. The summed E-state index contributed by atoms with van der Waals surface area (Å²) in [5.41, 5.74) is 4.54. The minimum absolute atomic E-state index is 0.189. The molecule has 0 aliphatic heterocycles. The number of esters is 1. The van der Waals surface area contributed by atoms with Crippen molar-refractivity contribution in [2.75, 3.05) is 12.4 Å². The topological polar surface area (TPSA) is 81.2 Å². The molecule has 1 N–H and O–H groups in total. The molecule has 1 aliphatic carbocycles. The van der Waals surface area contributed by atoms with Crippen LogP contribution in [0, 0.1) is 13.8 Å². The third-order valence-corrected chi connectivity index (χ3v) is 7.91. The molecule has 1 aliphatic rings. The van der Waals surface area contributed by atoms with E-state index in [0.717, 1.165) is 41.1 Å². The number of aryl methyl sites for hydroxylation is 2. The van der Waals surface area contributed by atoms with Gasteiger partial charge in [0.2, 0.25) is 5.91 Å². The minimum atomic E-state index is -0.423. The van der Waals surface area contributed by atoms with Gasteiger partial charge in [-0.15, -0.1) is 11.3 Å². The van der Waals surface area contributed by atoms with Crippen molar-refractivity contribution in [1.82, 2.24) is 9.97 Å². The average Bonchev–Trinajstić information content (AvgIpc) is 3.15. The maximum absolute atomic E-state index is 13.0. The number of thiophene rings is 1. The number of fused-ring (bicyclic) bond motifs is 1. The van der Waals surface area contributed by atoms with Gasteiger partial charge in [0, 0.05) is 16.3 Å². The summed E-state index contributed by atoms with van der Waals surface area (Å²) in [5, 5.41) is 3.70. The van der Waals surface area contributed by atoms with Crippen LogP contribution in [0.2, 0.25) is 0 Å². The van der Waals surface area contributed by atoms with Crippen molar-refractivity contribution in [3.63, 3.8) is 0 Å². The Labute approximate surface area is 202 Å². The van der Waals surface area contributed by atoms with E-state index in [1.165, 1.54) is 35.8 Å². The quantitative estimate of drug-likeness (QED) is 0.291. The molecule has 0 saturated heterocycles. The molecule has 33 heavy (non-hydrogen) atoms. The van der Waals surface area contributed by atoms with Crippen LogP contribution in [0.1, 0.15) is 57.0 Å². The Bertz CT molecular complexity index is 1160. The van der Waals surface area contributed by atoms with Crippen molar-refractivity contribution in [2.45, 2.75) is 56.4 Å². The van der Waals surface area contributed by atoms with Crippen LogP contribution in [-0.2, 0) is 22.4 Å². The largest absolute Gasteiger partial charge is 0.465 e. The molecule has 2 atom stereocenters. The average molecular weight is 482 g/mol. The zero-order chi connectivity index (χ0) is 23.5. The SMILES string of the molecule is COC(=O)c1c(NC(=O)C(C)Sc2nc(C)cc(C)n2)sc2c1CCC(c1ccccc1)C2. The lowest BCUT2D eigenvalue weighted by molar-refractivity contribution is -0.115. The molecule has 172 valence electrons. The fraction of sp³-hybridized carbons (Fsp3) is 0.360. The number of aromatic nitrogens is 2. The van der Waals surface area contributed by atoms with E-state index in [2.05, 4.69) is 39.6 Å². The predicted octanol–water partition coefficient (Wildman–Crippen LogP) is 5.33. The predicted molar refractivity (Wildman–Crippen MR) is 132 cm³/mol. The number of nitrogens with one attached hydrogen (secondary N) is 1. The van der Waals surface area contributed by atoms with E-state index in [4.69, 9.17) is 4.74 Å². The number of anilines is 1. The van der Waals surface area contributed by atoms with Crippen LogP contribution in [-0.4, -0.2) is 34.2 Å². The summed E-state index contributed by atoms with van der Waals surface area (Å²) in [6, 6.07) is 12.3. The molecule has 3 aromatic rings. The van der Waals surface area contributed by atoms with Crippen LogP contribution in [0.3, 0.4) is 0 Å². The van der Waals surface area contributed by atoms with Crippen LogP contribution >= 0.6 is 23.1 Å². The van der Waals surface area contributed by atoms with Crippen molar-refractivity contribution in [2.24, 2.45) is 0 Å². The highest BCUT2D eigenvalue weighted by molar-refractivity contribution is 8.00. The summed E-state index contributed by atoms with van der Waals surface area (Å²) < 4.78 is 5.07. The molecule has 0 bridgehead atoms. The monoisotopic (exact) mass is 481 g/mol. The van der Waals surface area contributed by atoms with E-state index in [0.29, 0.717) is 21.6 Å². The number of rotatable bonds is 6. The summed E-state index contributed by atoms with van der Waals surface area (Å²) >= 11 is 2.79. The minimum Gasteiger partial charge on any atom is -0.465 e. The molecule has 0 fully saturated rings. The summed E-state index contributed by atoms with van der Waals surface area (Å²) in [4.78, 5) is 35.6. The Morgan fingerprint density at radius 2 is 1.88 bits per heavy atom. The number of nitrogens with zero attached hydrogens (tertiary/aromatic N) is 2. The molecule has 4 rings (SSSR count). The van der Waals surface area contributed by atoms with Crippen molar-refractivity contribution in [3.05, 3.63) is 69.4 Å². The van der Waals surface area contributed by atoms with E-state index in [-0.39, 0.29) is 5.91 Å². The zero-order valence-electron chi connectivity index (χ0n) is 19.2. The summed E-state index contributed by atoms with van der Waals surface area (Å²) in [7, 11) is 1.38. The first-order valence-electron chi connectivity index (χ1n) is 10.9. The van der Waals surface area contributed by atoms with Crippen molar-refractivity contribution in [1.29, 1.82) is 0 Å². The fourth-order valence-electron chi connectivity index (χ4n) is 4.17. The van der Waals surface area contributed by atoms with Gasteiger partial charge in [-0.1, -0.05) is 42.1 Å². The van der Waals surface area contributed by atoms with Gasteiger partial charge >= 0.3 is 5.97 Å². The van der Waals surface area contributed by atoms with Crippen LogP contribution in [0.5, 0.6) is 0 Å². The molecular formula is C25H27N3O3S2. The normalized spacial score (nSPS) is 16.1. The van der Waals surface area contributed by atoms with E-state index in [1.807, 2.05) is 32.9 Å². The molecule has 2 unspecified atom stereocenters. The van der Waals surface area contributed by atoms with Crippen molar-refractivity contribution in [3.8, 4) is 0 Å². The molecule has 1 amide bonds. The van der Waals surface area contributed by atoms with Crippen molar-refractivity contribution < 1.29 is 14.3 Å². The van der Waals surface area contributed by atoms with E-state index < -0.39 is 11.2 Å². The molecular weight excluding hydrogens is 454 g/mol. The first-order valence-corrected chi connectivity index (χ1v) is 12.6. The Balaban J connectivity index is 1.55. The number of benzene rings is 1. The number of hydrogen-bond acceptors (Lipinski definition) is 7. The summed E-state index contributed by atoms with van der Waals surface area (Å²) in [5.74, 6) is -0.187. The second-order valence-corrected chi connectivity index (χ2v) is 10.6. The second kappa shape index (κ2) is 10.1. The third-order valence-electron chi connectivity index (χ3n) is 5.78. The van der Waals surface area contributed by atoms with Gasteiger partial charge in [-0.05, 0) is 63.1 Å². The molecule has 0 saturated carbocycles. The van der Waals surface area contributed by atoms with Gasteiger partial charge in [0.05, 0.1) is 17.9 Å². The van der Waals surface area contributed by atoms with Gasteiger partial charge in [-0.3, -0.25) is 4.79 Å². The first-order chi connectivity index (χ1) is 15.9. The molecule has 8 heteroatoms. The lowest BCUT2D eigenvalue weighted by atomic mass is 9.83. The number of amides is 1.